The van der Waals surface area contributed by atoms with E-state index in [0.717, 1.165) is 11.3 Å². The number of carbonyl (C=O) groups excluding carboxylic acids is 1. The molecule has 1 aliphatic carbocycles. The molecule has 1 N–H and O–H groups in total. The van der Waals surface area contributed by atoms with Crippen molar-refractivity contribution in [2.45, 2.75) is 12.3 Å². The quantitative estimate of drug-likeness (QED) is 0.894. The van der Waals surface area contributed by atoms with Gasteiger partial charge in [-0.15, -0.1) is 0 Å². The molecule has 1 saturated carbocycles. The van der Waals surface area contributed by atoms with Gasteiger partial charge in [0.1, 0.15) is 19.8 Å². The second-order valence-corrected chi connectivity index (χ2v) is 6.51. The largest absolute Gasteiger partial charge is 0.486 e. The molecule has 2 aromatic rings. The Kier molecular flexibility index (Phi) is 4.24. The van der Waals surface area contributed by atoms with Gasteiger partial charge < -0.3 is 19.5 Å². The van der Waals surface area contributed by atoms with Crippen LogP contribution in [0.1, 0.15) is 17.9 Å². The lowest BCUT2D eigenvalue weighted by Crippen LogP contribution is -2.37. The highest BCUT2D eigenvalue weighted by atomic mass is 16.6. The predicted octanol–water partition coefficient (Wildman–Crippen LogP) is 2.68. The fourth-order valence-electron chi connectivity index (χ4n) is 3.37. The molecule has 1 amide bonds. The van der Waals surface area contributed by atoms with Gasteiger partial charge in [-0.25, -0.2) is 0 Å². The first-order chi connectivity index (χ1) is 12.6. The van der Waals surface area contributed by atoms with Crippen molar-refractivity contribution in [1.82, 2.24) is 0 Å². The van der Waals surface area contributed by atoms with Crippen LogP contribution in [0.5, 0.6) is 11.5 Å². The van der Waals surface area contributed by atoms with Crippen molar-refractivity contribution >= 4 is 17.6 Å². The normalized spacial score (nSPS) is 20.3. The second-order valence-electron chi connectivity index (χ2n) is 6.51. The molecular weight excluding hydrogens is 334 g/mol. The molecule has 2 aliphatic rings. The molecule has 0 saturated heterocycles. The van der Waals surface area contributed by atoms with E-state index in [1.54, 1.807) is 24.3 Å². The number of fused-ring (bicyclic) bond motifs is 1. The van der Waals surface area contributed by atoms with Crippen LogP contribution in [0.25, 0.3) is 0 Å². The molecule has 2 atom stereocenters. The summed E-state index contributed by atoms with van der Waals surface area (Å²) < 4.78 is 11.1. The van der Waals surface area contributed by atoms with Gasteiger partial charge in [0.25, 0.3) is 0 Å². The fraction of sp³-hybridized carbons (Fsp3) is 0.300. The lowest BCUT2D eigenvalue weighted by atomic mass is 10.1. The van der Waals surface area contributed by atoms with Gasteiger partial charge in [0, 0.05) is 11.6 Å². The Hall–Kier alpha value is -3.02. The van der Waals surface area contributed by atoms with E-state index < -0.39 is 5.97 Å². The molecule has 0 bridgehead atoms. The fourth-order valence-corrected chi connectivity index (χ4v) is 3.37. The smallest absolute Gasteiger partial charge is 0.323 e. The maximum atomic E-state index is 12.9. The van der Waals surface area contributed by atoms with Crippen LogP contribution in [-0.2, 0) is 9.59 Å². The summed E-state index contributed by atoms with van der Waals surface area (Å²) >= 11 is 0. The highest BCUT2D eigenvalue weighted by Crippen LogP contribution is 2.50. The van der Waals surface area contributed by atoms with Crippen LogP contribution in [-0.4, -0.2) is 36.7 Å². The zero-order valence-electron chi connectivity index (χ0n) is 14.1. The Morgan fingerprint density at radius 3 is 2.50 bits per heavy atom. The molecule has 2 aromatic carbocycles. The minimum atomic E-state index is -1.03. The molecule has 0 spiro atoms. The Morgan fingerprint density at radius 2 is 1.77 bits per heavy atom. The summed E-state index contributed by atoms with van der Waals surface area (Å²) in [4.78, 5) is 25.5. The minimum Gasteiger partial charge on any atom is -0.486 e. The lowest BCUT2D eigenvalue weighted by molar-refractivity contribution is -0.136. The van der Waals surface area contributed by atoms with E-state index in [9.17, 15) is 14.7 Å². The minimum absolute atomic E-state index is 0.0818. The number of nitrogens with zero attached hydrogens (tertiary/aromatic N) is 1. The summed E-state index contributed by atoms with van der Waals surface area (Å²) in [5.41, 5.74) is 1.63. The number of carboxylic acid groups (broad SMARTS) is 1. The second kappa shape index (κ2) is 6.71. The van der Waals surface area contributed by atoms with E-state index in [1.165, 1.54) is 4.90 Å². The van der Waals surface area contributed by atoms with Crippen LogP contribution in [0.2, 0.25) is 0 Å². The number of hydrogen-bond donors (Lipinski definition) is 1. The molecule has 1 fully saturated rings. The molecule has 0 aromatic heterocycles. The summed E-state index contributed by atoms with van der Waals surface area (Å²) in [5.74, 6) is 0.116. The predicted molar refractivity (Wildman–Crippen MR) is 94.7 cm³/mol. The van der Waals surface area contributed by atoms with Crippen LogP contribution in [0.15, 0.2) is 48.5 Å². The molecule has 6 heteroatoms. The molecule has 1 heterocycles. The van der Waals surface area contributed by atoms with Gasteiger partial charge in [-0.2, -0.15) is 0 Å². The van der Waals surface area contributed by atoms with Gasteiger partial charge in [-0.05, 0) is 42.2 Å². The number of benzene rings is 2. The van der Waals surface area contributed by atoms with E-state index in [4.69, 9.17) is 9.47 Å². The van der Waals surface area contributed by atoms with E-state index in [-0.39, 0.29) is 24.3 Å². The van der Waals surface area contributed by atoms with Gasteiger partial charge in [0.2, 0.25) is 5.91 Å². The van der Waals surface area contributed by atoms with Crippen LogP contribution >= 0.6 is 0 Å². The molecule has 26 heavy (non-hydrogen) atoms. The highest BCUT2D eigenvalue weighted by molar-refractivity contribution is 6.00. The topological polar surface area (TPSA) is 76.1 Å². The SMILES string of the molecule is O=C(O)CN(C(=O)C1CC1c1ccc2c(c1)OCCO2)c1ccccc1. The van der Waals surface area contributed by atoms with Crippen molar-refractivity contribution in [1.29, 1.82) is 0 Å². The monoisotopic (exact) mass is 353 g/mol. The number of anilines is 1. The summed E-state index contributed by atoms with van der Waals surface area (Å²) in [6.07, 6.45) is 0.710. The van der Waals surface area contributed by atoms with Crippen molar-refractivity contribution in [3.63, 3.8) is 0 Å². The van der Waals surface area contributed by atoms with Crippen LogP contribution in [0.4, 0.5) is 5.69 Å². The van der Waals surface area contributed by atoms with E-state index in [2.05, 4.69) is 0 Å². The number of ether oxygens (including phenoxy) is 2. The van der Waals surface area contributed by atoms with Crippen molar-refractivity contribution in [2.24, 2.45) is 5.92 Å². The Morgan fingerprint density at radius 1 is 1.04 bits per heavy atom. The van der Waals surface area contributed by atoms with E-state index >= 15 is 0 Å². The molecule has 0 radical (unpaired) electrons. The average Bonchev–Trinajstić information content (AvgIpc) is 3.46. The number of carbonyl (C=O) groups is 2. The summed E-state index contributed by atoms with van der Waals surface area (Å²) in [5, 5.41) is 9.19. The van der Waals surface area contributed by atoms with Crippen molar-refractivity contribution in [3.05, 3.63) is 54.1 Å². The highest BCUT2D eigenvalue weighted by Gasteiger charge is 2.46. The summed E-state index contributed by atoms with van der Waals surface area (Å²) in [7, 11) is 0. The number of rotatable bonds is 5. The molecule has 2 unspecified atom stereocenters. The van der Waals surface area contributed by atoms with Gasteiger partial charge >= 0.3 is 5.97 Å². The molecular formula is C20H19NO5. The standard InChI is InChI=1S/C20H19NO5/c22-19(23)12-21(14-4-2-1-3-5-14)20(24)16-11-15(16)13-6-7-17-18(10-13)26-9-8-25-17/h1-7,10,15-16H,8-9,11-12H2,(H,22,23). The first kappa shape index (κ1) is 16.4. The molecule has 4 rings (SSSR count). The third-order valence-electron chi connectivity index (χ3n) is 4.73. The number of carboxylic acids is 1. The van der Waals surface area contributed by atoms with Gasteiger partial charge in [0.15, 0.2) is 11.5 Å². The molecule has 1 aliphatic heterocycles. The summed E-state index contributed by atoms with van der Waals surface area (Å²) in [6.45, 7) is 0.717. The first-order valence-corrected chi connectivity index (χ1v) is 8.61. The third-order valence-corrected chi connectivity index (χ3v) is 4.73. The van der Waals surface area contributed by atoms with Crippen molar-refractivity contribution in [2.75, 3.05) is 24.7 Å². The lowest BCUT2D eigenvalue weighted by Gasteiger charge is -2.21. The van der Waals surface area contributed by atoms with E-state index in [0.29, 0.717) is 31.1 Å². The maximum absolute atomic E-state index is 12.9. The Balaban J connectivity index is 1.52. The average molecular weight is 353 g/mol. The van der Waals surface area contributed by atoms with Crippen LogP contribution < -0.4 is 14.4 Å². The third kappa shape index (κ3) is 3.22. The summed E-state index contributed by atoms with van der Waals surface area (Å²) in [6, 6.07) is 14.7. The first-order valence-electron chi connectivity index (χ1n) is 8.61. The molecule has 6 nitrogen and oxygen atoms in total. The van der Waals surface area contributed by atoms with Crippen LogP contribution in [0.3, 0.4) is 0 Å². The Labute approximate surface area is 151 Å². The maximum Gasteiger partial charge on any atom is 0.323 e. The van der Waals surface area contributed by atoms with Crippen molar-refractivity contribution < 1.29 is 24.2 Å². The number of hydrogen-bond acceptors (Lipinski definition) is 4. The van der Waals surface area contributed by atoms with Crippen LogP contribution in [0, 0.1) is 5.92 Å². The molecule has 134 valence electrons. The van der Waals surface area contributed by atoms with Gasteiger partial charge in [0.05, 0.1) is 0 Å². The zero-order chi connectivity index (χ0) is 18.1. The number of amides is 1. The number of para-hydroxylation sites is 1. The van der Waals surface area contributed by atoms with Gasteiger partial charge in [-0.1, -0.05) is 24.3 Å². The Bertz CT molecular complexity index is 835. The zero-order valence-corrected chi connectivity index (χ0v) is 14.1. The van der Waals surface area contributed by atoms with Crippen molar-refractivity contribution in [3.8, 4) is 11.5 Å². The van der Waals surface area contributed by atoms with E-state index in [1.807, 2.05) is 24.3 Å². The van der Waals surface area contributed by atoms with Gasteiger partial charge in [-0.3, -0.25) is 9.59 Å². The number of aliphatic carboxylic acids is 1.